The highest BCUT2D eigenvalue weighted by atomic mass is 16.2. The second-order valence-electron chi connectivity index (χ2n) is 6.08. The summed E-state index contributed by atoms with van der Waals surface area (Å²) in [6.45, 7) is 7.25. The van der Waals surface area contributed by atoms with E-state index in [1.807, 2.05) is 0 Å². The van der Waals surface area contributed by atoms with E-state index >= 15 is 0 Å². The topological polar surface area (TPSA) is 44.4 Å². The molecule has 0 aromatic carbocycles. The van der Waals surface area contributed by atoms with Gasteiger partial charge < -0.3 is 10.6 Å². The lowest BCUT2D eigenvalue weighted by Crippen LogP contribution is -2.47. The lowest BCUT2D eigenvalue weighted by molar-refractivity contribution is -0.126. The smallest absolute Gasteiger partial charge is 0.237 e. The molecule has 2 saturated heterocycles. The van der Waals surface area contributed by atoms with E-state index in [0.717, 1.165) is 32.7 Å². The third-order valence-corrected chi connectivity index (χ3v) is 4.53. The van der Waals surface area contributed by atoms with Crippen molar-refractivity contribution in [2.75, 3.05) is 32.7 Å². The van der Waals surface area contributed by atoms with Crippen molar-refractivity contribution in [2.45, 2.75) is 51.5 Å². The summed E-state index contributed by atoms with van der Waals surface area (Å²) >= 11 is 0. The van der Waals surface area contributed by atoms with Crippen LogP contribution in [0.15, 0.2) is 0 Å². The van der Waals surface area contributed by atoms with Crippen molar-refractivity contribution in [1.29, 1.82) is 0 Å². The van der Waals surface area contributed by atoms with Gasteiger partial charge in [-0.1, -0.05) is 12.8 Å². The highest BCUT2D eigenvalue weighted by molar-refractivity contribution is 5.81. The minimum absolute atomic E-state index is 0.0367. The number of nitrogens with zero attached hydrogens (tertiary/aromatic N) is 1. The van der Waals surface area contributed by atoms with Crippen molar-refractivity contribution < 1.29 is 4.79 Å². The second-order valence-corrected chi connectivity index (χ2v) is 6.08. The normalized spacial score (nSPS) is 27.5. The van der Waals surface area contributed by atoms with E-state index in [1.54, 1.807) is 0 Å². The van der Waals surface area contributed by atoms with Crippen molar-refractivity contribution >= 4 is 5.91 Å². The summed E-state index contributed by atoms with van der Waals surface area (Å²) in [5.41, 5.74) is 0. The molecule has 2 aliphatic heterocycles. The summed E-state index contributed by atoms with van der Waals surface area (Å²) in [5, 5.41) is 6.55. The van der Waals surface area contributed by atoms with Crippen molar-refractivity contribution in [3.05, 3.63) is 0 Å². The Kier molecular flexibility index (Phi) is 6.11. The van der Waals surface area contributed by atoms with Crippen LogP contribution in [0, 0.1) is 5.92 Å². The number of piperidine rings is 1. The van der Waals surface area contributed by atoms with Gasteiger partial charge in [0.05, 0.1) is 6.04 Å². The van der Waals surface area contributed by atoms with Gasteiger partial charge in [-0.2, -0.15) is 0 Å². The van der Waals surface area contributed by atoms with Crippen LogP contribution in [0.2, 0.25) is 0 Å². The van der Waals surface area contributed by atoms with E-state index in [1.165, 1.54) is 38.5 Å². The monoisotopic (exact) mass is 267 g/mol. The second kappa shape index (κ2) is 7.85. The minimum Gasteiger partial charge on any atom is -0.354 e. The van der Waals surface area contributed by atoms with Crippen LogP contribution in [0.25, 0.3) is 0 Å². The zero-order valence-corrected chi connectivity index (χ0v) is 12.3. The molecule has 0 aromatic rings. The van der Waals surface area contributed by atoms with Gasteiger partial charge in [-0.3, -0.25) is 9.69 Å². The summed E-state index contributed by atoms with van der Waals surface area (Å²) in [7, 11) is 0. The molecule has 4 nitrogen and oxygen atoms in total. The summed E-state index contributed by atoms with van der Waals surface area (Å²) < 4.78 is 0. The molecule has 2 atom stereocenters. The van der Waals surface area contributed by atoms with Gasteiger partial charge in [0.1, 0.15) is 0 Å². The Labute approximate surface area is 117 Å². The van der Waals surface area contributed by atoms with Crippen LogP contribution >= 0.6 is 0 Å². The van der Waals surface area contributed by atoms with Gasteiger partial charge in [-0.25, -0.2) is 0 Å². The number of nitrogens with one attached hydrogen (secondary N) is 2. The standard InChI is InChI=1S/C15H29N3O/c1-13(18-9-4-2-3-5-10-18)15(19)17-12-14-7-6-8-16-11-14/h13-14,16H,2-12H2,1H3,(H,17,19). The summed E-state index contributed by atoms with van der Waals surface area (Å²) in [4.78, 5) is 14.6. The zero-order valence-electron chi connectivity index (χ0n) is 12.3. The largest absolute Gasteiger partial charge is 0.354 e. The molecule has 2 N–H and O–H groups in total. The number of carbonyl (C=O) groups excluding carboxylic acids is 1. The van der Waals surface area contributed by atoms with Crippen LogP contribution < -0.4 is 10.6 Å². The third-order valence-electron chi connectivity index (χ3n) is 4.53. The number of likely N-dealkylation sites (tertiary alicyclic amines) is 1. The predicted molar refractivity (Wildman–Crippen MR) is 78.1 cm³/mol. The van der Waals surface area contributed by atoms with Crippen LogP contribution in [0.5, 0.6) is 0 Å². The SMILES string of the molecule is CC(C(=O)NCC1CCCNC1)N1CCCCCC1. The lowest BCUT2D eigenvalue weighted by Gasteiger charge is -2.28. The molecule has 0 aromatic heterocycles. The Hall–Kier alpha value is -0.610. The summed E-state index contributed by atoms with van der Waals surface area (Å²) in [6.07, 6.45) is 7.60. The van der Waals surface area contributed by atoms with Crippen LogP contribution in [-0.2, 0) is 4.79 Å². The lowest BCUT2D eigenvalue weighted by atomic mass is 10.00. The van der Waals surface area contributed by atoms with Gasteiger partial charge in [0, 0.05) is 6.54 Å². The molecular weight excluding hydrogens is 238 g/mol. The predicted octanol–water partition coefficient (Wildman–Crippen LogP) is 1.37. The first-order valence-corrected chi connectivity index (χ1v) is 8.00. The van der Waals surface area contributed by atoms with E-state index in [0.29, 0.717) is 5.92 Å². The van der Waals surface area contributed by atoms with Gasteiger partial charge in [0.15, 0.2) is 0 Å². The Bertz CT molecular complexity index is 269. The molecule has 4 heteroatoms. The van der Waals surface area contributed by atoms with Crippen molar-refractivity contribution in [2.24, 2.45) is 5.92 Å². The minimum atomic E-state index is 0.0367. The van der Waals surface area contributed by atoms with E-state index in [-0.39, 0.29) is 11.9 Å². The van der Waals surface area contributed by atoms with E-state index in [9.17, 15) is 4.79 Å². The van der Waals surface area contributed by atoms with Crippen LogP contribution in [0.1, 0.15) is 45.4 Å². The van der Waals surface area contributed by atoms with Crippen LogP contribution in [0.4, 0.5) is 0 Å². The first-order chi connectivity index (χ1) is 9.27. The molecule has 0 bridgehead atoms. The van der Waals surface area contributed by atoms with E-state index in [2.05, 4.69) is 22.5 Å². The average Bonchev–Trinajstić information content (AvgIpc) is 2.74. The number of rotatable bonds is 4. The van der Waals surface area contributed by atoms with E-state index < -0.39 is 0 Å². The molecule has 2 rings (SSSR count). The zero-order chi connectivity index (χ0) is 13.5. The number of amides is 1. The van der Waals surface area contributed by atoms with Crippen LogP contribution in [-0.4, -0.2) is 49.6 Å². The number of carbonyl (C=O) groups is 1. The third kappa shape index (κ3) is 4.77. The molecule has 2 heterocycles. The Balaban J connectivity index is 1.71. The Morgan fingerprint density at radius 1 is 1.26 bits per heavy atom. The van der Waals surface area contributed by atoms with Crippen molar-refractivity contribution in [3.63, 3.8) is 0 Å². The molecular formula is C15H29N3O. The van der Waals surface area contributed by atoms with Crippen LogP contribution in [0.3, 0.4) is 0 Å². The van der Waals surface area contributed by atoms with E-state index in [4.69, 9.17) is 0 Å². The highest BCUT2D eigenvalue weighted by Crippen LogP contribution is 2.13. The first kappa shape index (κ1) is 14.8. The van der Waals surface area contributed by atoms with Gasteiger partial charge in [-0.15, -0.1) is 0 Å². The van der Waals surface area contributed by atoms with Crippen molar-refractivity contribution in [1.82, 2.24) is 15.5 Å². The molecule has 0 saturated carbocycles. The average molecular weight is 267 g/mol. The summed E-state index contributed by atoms with van der Waals surface area (Å²) in [6, 6.07) is 0.0367. The molecule has 0 radical (unpaired) electrons. The van der Waals surface area contributed by atoms with Crippen molar-refractivity contribution in [3.8, 4) is 0 Å². The molecule has 0 spiro atoms. The molecule has 2 unspecified atom stereocenters. The van der Waals surface area contributed by atoms with Gasteiger partial charge in [0.2, 0.25) is 5.91 Å². The Morgan fingerprint density at radius 2 is 2.00 bits per heavy atom. The molecule has 110 valence electrons. The van der Waals surface area contributed by atoms with Gasteiger partial charge in [-0.05, 0) is 64.7 Å². The fourth-order valence-corrected chi connectivity index (χ4v) is 3.14. The maximum absolute atomic E-state index is 12.2. The maximum atomic E-state index is 12.2. The summed E-state index contributed by atoms with van der Waals surface area (Å²) in [5.74, 6) is 0.835. The number of hydrogen-bond acceptors (Lipinski definition) is 3. The Morgan fingerprint density at radius 3 is 2.63 bits per heavy atom. The quantitative estimate of drug-likeness (QED) is 0.808. The fraction of sp³-hybridized carbons (Fsp3) is 0.933. The van der Waals surface area contributed by atoms with Gasteiger partial charge >= 0.3 is 0 Å². The number of hydrogen-bond donors (Lipinski definition) is 2. The molecule has 2 aliphatic rings. The first-order valence-electron chi connectivity index (χ1n) is 8.00. The maximum Gasteiger partial charge on any atom is 0.237 e. The molecule has 0 aliphatic carbocycles. The fourth-order valence-electron chi connectivity index (χ4n) is 3.14. The highest BCUT2D eigenvalue weighted by Gasteiger charge is 2.22. The molecule has 2 fully saturated rings. The van der Waals surface area contributed by atoms with Gasteiger partial charge in [0.25, 0.3) is 0 Å². The molecule has 1 amide bonds. The molecule has 19 heavy (non-hydrogen) atoms.